The fraction of sp³-hybridized carbons (Fsp3) is 0.357. The first kappa shape index (κ1) is 12.3. The summed E-state index contributed by atoms with van der Waals surface area (Å²) < 4.78 is 0. The van der Waals surface area contributed by atoms with E-state index in [-0.39, 0.29) is 5.91 Å². The van der Waals surface area contributed by atoms with E-state index >= 15 is 0 Å². The van der Waals surface area contributed by atoms with Crippen molar-refractivity contribution in [3.05, 3.63) is 40.4 Å². The lowest BCUT2D eigenvalue weighted by atomic mass is 10.1. The summed E-state index contributed by atoms with van der Waals surface area (Å²) in [7, 11) is 0. The molecule has 3 rings (SSSR count). The van der Waals surface area contributed by atoms with Crippen molar-refractivity contribution in [1.82, 2.24) is 10.2 Å². The van der Waals surface area contributed by atoms with Crippen molar-refractivity contribution in [1.29, 1.82) is 0 Å². The average Bonchev–Trinajstić information content (AvgIpc) is 3.20. The van der Waals surface area contributed by atoms with E-state index in [1.54, 1.807) is 0 Å². The number of anilines is 1. The quantitative estimate of drug-likeness (QED) is 0.930. The van der Waals surface area contributed by atoms with Gasteiger partial charge in [-0.3, -0.25) is 10.1 Å². The van der Waals surface area contributed by atoms with E-state index in [0.717, 1.165) is 11.4 Å². The Balaban J connectivity index is 1.68. The Labute approximate surface area is 115 Å². The van der Waals surface area contributed by atoms with Crippen LogP contribution in [0.4, 0.5) is 5.13 Å². The van der Waals surface area contributed by atoms with Crippen LogP contribution in [0, 0.1) is 0 Å². The van der Waals surface area contributed by atoms with Gasteiger partial charge in [-0.05, 0) is 37.0 Å². The van der Waals surface area contributed by atoms with Crippen molar-refractivity contribution >= 4 is 22.4 Å². The Morgan fingerprint density at radius 2 is 2.05 bits per heavy atom. The van der Waals surface area contributed by atoms with E-state index in [2.05, 4.69) is 22.4 Å². The molecular weight excluding hydrogens is 258 g/mol. The molecule has 0 bridgehead atoms. The number of nitrogens with one attached hydrogen (secondary N) is 1. The summed E-state index contributed by atoms with van der Waals surface area (Å²) in [6.07, 6.45) is 3.37. The standard InChI is InChI=1S/C14H15N3OS/c1-2-9-3-5-10(6-4-9)12(18)15-14-17-16-13(19-14)11-7-8-11/h3-6,11H,2,7-8H2,1H3,(H,15,17,18). The van der Waals surface area contributed by atoms with Gasteiger partial charge >= 0.3 is 0 Å². The smallest absolute Gasteiger partial charge is 0.257 e. The topological polar surface area (TPSA) is 54.9 Å². The normalized spacial score (nSPS) is 14.4. The van der Waals surface area contributed by atoms with Crippen LogP contribution in [0.15, 0.2) is 24.3 Å². The second kappa shape index (κ2) is 5.09. The monoisotopic (exact) mass is 273 g/mol. The van der Waals surface area contributed by atoms with E-state index in [1.165, 1.54) is 29.7 Å². The van der Waals surface area contributed by atoms with Crippen LogP contribution in [0.3, 0.4) is 0 Å². The van der Waals surface area contributed by atoms with Crippen molar-refractivity contribution in [2.75, 3.05) is 5.32 Å². The van der Waals surface area contributed by atoms with E-state index in [1.807, 2.05) is 24.3 Å². The van der Waals surface area contributed by atoms with Gasteiger partial charge in [0.1, 0.15) is 5.01 Å². The van der Waals surface area contributed by atoms with Crippen LogP contribution in [0.25, 0.3) is 0 Å². The second-order valence-corrected chi connectivity index (χ2v) is 5.73. The van der Waals surface area contributed by atoms with Crippen molar-refractivity contribution in [3.8, 4) is 0 Å². The van der Waals surface area contributed by atoms with E-state index in [9.17, 15) is 4.79 Å². The molecule has 19 heavy (non-hydrogen) atoms. The summed E-state index contributed by atoms with van der Waals surface area (Å²) in [5.74, 6) is 0.452. The first-order chi connectivity index (χ1) is 9.26. The van der Waals surface area contributed by atoms with E-state index in [0.29, 0.717) is 16.6 Å². The zero-order valence-electron chi connectivity index (χ0n) is 10.7. The molecule has 5 heteroatoms. The Morgan fingerprint density at radius 3 is 2.68 bits per heavy atom. The Morgan fingerprint density at radius 1 is 1.32 bits per heavy atom. The minimum atomic E-state index is -0.124. The summed E-state index contributed by atoms with van der Waals surface area (Å²) >= 11 is 1.48. The molecule has 1 fully saturated rings. The molecule has 4 nitrogen and oxygen atoms in total. The maximum Gasteiger partial charge on any atom is 0.257 e. The molecular formula is C14H15N3OS. The Bertz CT molecular complexity index is 587. The third kappa shape index (κ3) is 2.81. The van der Waals surface area contributed by atoms with Gasteiger partial charge in [0, 0.05) is 11.5 Å². The van der Waals surface area contributed by atoms with Gasteiger partial charge in [-0.25, -0.2) is 0 Å². The number of benzene rings is 1. The lowest BCUT2D eigenvalue weighted by Crippen LogP contribution is -2.11. The zero-order valence-corrected chi connectivity index (χ0v) is 11.5. The predicted molar refractivity (Wildman–Crippen MR) is 75.7 cm³/mol. The van der Waals surface area contributed by atoms with Crippen LogP contribution >= 0.6 is 11.3 Å². The number of aryl methyl sites for hydroxylation is 1. The lowest BCUT2D eigenvalue weighted by Gasteiger charge is -2.02. The lowest BCUT2D eigenvalue weighted by molar-refractivity contribution is 0.102. The number of rotatable bonds is 4. The third-order valence-electron chi connectivity index (χ3n) is 3.21. The first-order valence-electron chi connectivity index (χ1n) is 6.50. The van der Waals surface area contributed by atoms with Crippen LogP contribution in [0.1, 0.15) is 46.6 Å². The van der Waals surface area contributed by atoms with Gasteiger partial charge in [-0.15, -0.1) is 10.2 Å². The maximum atomic E-state index is 12.0. The van der Waals surface area contributed by atoms with Crippen molar-refractivity contribution < 1.29 is 4.79 Å². The highest BCUT2D eigenvalue weighted by molar-refractivity contribution is 7.15. The second-order valence-electron chi connectivity index (χ2n) is 4.72. The van der Waals surface area contributed by atoms with Crippen LogP contribution in [-0.4, -0.2) is 16.1 Å². The molecule has 2 aromatic rings. The van der Waals surface area contributed by atoms with Gasteiger partial charge in [0.25, 0.3) is 5.91 Å². The molecule has 0 spiro atoms. The molecule has 0 radical (unpaired) electrons. The van der Waals surface area contributed by atoms with Gasteiger partial charge < -0.3 is 0 Å². The number of carbonyl (C=O) groups is 1. The van der Waals surface area contributed by atoms with Gasteiger partial charge in [0.15, 0.2) is 0 Å². The fourth-order valence-corrected chi connectivity index (χ4v) is 2.75. The summed E-state index contributed by atoms with van der Waals surface area (Å²) in [6.45, 7) is 2.09. The number of hydrogen-bond acceptors (Lipinski definition) is 4. The largest absolute Gasteiger partial charge is 0.296 e. The molecule has 1 aromatic heterocycles. The molecule has 1 heterocycles. The van der Waals surface area contributed by atoms with Crippen LogP contribution in [0.5, 0.6) is 0 Å². The minimum Gasteiger partial charge on any atom is -0.296 e. The predicted octanol–water partition coefficient (Wildman–Crippen LogP) is 3.23. The molecule has 1 saturated carbocycles. The average molecular weight is 273 g/mol. The number of aromatic nitrogens is 2. The first-order valence-corrected chi connectivity index (χ1v) is 7.31. The zero-order chi connectivity index (χ0) is 13.2. The van der Waals surface area contributed by atoms with Crippen LogP contribution < -0.4 is 5.32 Å². The molecule has 1 aliphatic rings. The minimum absolute atomic E-state index is 0.124. The third-order valence-corrected chi connectivity index (χ3v) is 4.21. The highest BCUT2D eigenvalue weighted by Crippen LogP contribution is 2.42. The van der Waals surface area contributed by atoms with Crippen molar-refractivity contribution in [2.24, 2.45) is 0 Å². The summed E-state index contributed by atoms with van der Waals surface area (Å²) in [4.78, 5) is 12.0. The van der Waals surface area contributed by atoms with E-state index < -0.39 is 0 Å². The Hall–Kier alpha value is -1.75. The van der Waals surface area contributed by atoms with Gasteiger partial charge in [0.05, 0.1) is 0 Å². The molecule has 0 atom stereocenters. The molecule has 1 aliphatic carbocycles. The van der Waals surface area contributed by atoms with Crippen molar-refractivity contribution in [3.63, 3.8) is 0 Å². The summed E-state index contributed by atoms with van der Waals surface area (Å²) in [5, 5.41) is 12.6. The van der Waals surface area contributed by atoms with Gasteiger partial charge in [0.2, 0.25) is 5.13 Å². The van der Waals surface area contributed by atoms with Gasteiger partial charge in [-0.1, -0.05) is 30.4 Å². The maximum absolute atomic E-state index is 12.0. The molecule has 0 saturated heterocycles. The highest BCUT2D eigenvalue weighted by atomic mass is 32.1. The molecule has 0 unspecified atom stereocenters. The highest BCUT2D eigenvalue weighted by Gasteiger charge is 2.27. The summed E-state index contributed by atoms with van der Waals surface area (Å²) in [5.41, 5.74) is 1.88. The van der Waals surface area contributed by atoms with E-state index in [4.69, 9.17) is 0 Å². The van der Waals surface area contributed by atoms with Crippen LogP contribution in [0.2, 0.25) is 0 Å². The molecule has 1 amide bonds. The summed E-state index contributed by atoms with van der Waals surface area (Å²) in [6, 6.07) is 7.64. The fourth-order valence-electron chi connectivity index (χ4n) is 1.84. The number of nitrogens with zero attached hydrogens (tertiary/aromatic N) is 2. The molecule has 0 aliphatic heterocycles. The van der Waals surface area contributed by atoms with Gasteiger partial charge in [-0.2, -0.15) is 0 Å². The molecule has 1 N–H and O–H groups in total. The Kier molecular flexibility index (Phi) is 3.29. The number of amides is 1. The van der Waals surface area contributed by atoms with Crippen LogP contribution in [-0.2, 0) is 6.42 Å². The SMILES string of the molecule is CCc1ccc(C(=O)Nc2nnc(C3CC3)s2)cc1. The van der Waals surface area contributed by atoms with Crippen molar-refractivity contribution in [2.45, 2.75) is 32.1 Å². The molecule has 98 valence electrons. The number of hydrogen-bond donors (Lipinski definition) is 1. The molecule has 1 aromatic carbocycles. The number of carbonyl (C=O) groups excluding carboxylic acids is 1.